The van der Waals surface area contributed by atoms with Crippen LogP contribution in [0, 0.1) is 0 Å². The van der Waals surface area contributed by atoms with Crippen LogP contribution in [0.4, 0.5) is 0 Å². The van der Waals surface area contributed by atoms with Crippen LogP contribution in [0.25, 0.3) is 0 Å². The van der Waals surface area contributed by atoms with Crippen molar-refractivity contribution in [2.75, 3.05) is 20.1 Å². The van der Waals surface area contributed by atoms with Crippen LogP contribution in [0.1, 0.15) is 58.0 Å². The van der Waals surface area contributed by atoms with Gasteiger partial charge in [0.15, 0.2) is 5.82 Å². The summed E-state index contributed by atoms with van der Waals surface area (Å²) in [5.74, 6) is 0.274. The van der Waals surface area contributed by atoms with E-state index in [1.54, 1.807) is 11.9 Å². The second-order valence-electron chi connectivity index (χ2n) is 7.49. The molecule has 1 saturated heterocycles. The zero-order valence-corrected chi connectivity index (χ0v) is 15.9. The molecular formula is C21H26N4O2. The number of fused-ring (bicyclic) bond motifs is 1. The topological polar surface area (TPSA) is 58.4 Å². The van der Waals surface area contributed by atoms with Crippen LogP contribution in [0.3, 0.4) is 0 Å². The van der Waals surface area contributed by atoms with E-state index in [1.807, 2.05) is 39.8 Å². The van der Waals surface area contributed by atoms with E-state index in [4.69, 9.17) is 0 Å². The van der Waals surface area contributed by atoms with E-state index in [-0.39, 0.29) is 11.8 Å². The average molecular weight is 366 g/mol. The molecule has 4 rings (SSSR count). The summed E-state index contributed by atoms with van der Waals surface area (Å²) in [5.41, 5.74) is 2.51. The lowest BCUT2D eigenvalue weighted by Crippen LogP contribution is -2.30. The summed E-state index contributed by atoms with van der Waals surface area (Å²) in [6.07, 6.45) is 4.97. The highest BCUT2D eigenvalue weighted by Gasteiger charge is 2.31. The van der Waals surface area contributed by atoms with Gasteiger partial charge in [-0.15, -0.1) is 0 Å². The molecule has 1 fully saturated rings. The molecular weight excluding hydrogens is 340 g/mol. The molecule has 3 heterocycles. The summed E-state index contributed by atoms with van der Waals surface area (Å²) in [6, 6.07) is 9.92. The Kier molecular flexibility index (Phi) is 4.97. The van der Waals surface area contributed by atoms with Crippen molar-refractivity contribution in [1.29, 1.82) is 0 Å². The van der Waals surface area contributed by atoms with Crippen molar-refractivity contribution in [3.63, 3.8) is 0 Å². The SMILES string of the molecule is CN(Cc1ccccc1)C(=O)c1nc(C(=O)N2CCCC2)c2n1CCCC2. The van der Waals surface area contributed by atoms with Crippen LogP contribution in [-0.2, 0) is 19.5 Å². The summed E-state index contributed by atoms with van der Waals surface area (Å²) < 4.78 is 1.98. The molecule has 6 heteroatoms. The maximum absolute atomic E-state index is 13.1. The van der Waals surface area contributed by atoms with Crippen LogP contribution < -0.4 is 0 Å². The van der Waals surface area contributed by atoms with Crippen LogP contribution in [0.2, 0.25) is 0 Å². The number of amides is 2. The minimum Gasteiger partial charge on any atom is -0.337 e. The van der Waals surface area contributed by atoms with Gasteiger partial charge in [-0.25, -0.2) is 4.98 Å². The Morgan fingerprint density at radius 1 is 1.04 bits per heavy atom. The van der Waals surface area contributed by atoms with E-state index in [2.05, 4.69) is 4.98 Å². The molecule has 0 radical (unpaired) electrons. The molecule has 0 spiro atoms. The van der Waals surface area contributed by atoms with E-state index in [0.717, 1.165) is 63.0 Å². The highest BCUT2D eigenvalue weighted by Crippen LogP contribution is 2.24. The Balaban J connectivity index is 1.62. The second-order valence-corrected chi connectivity index (χ2v) is 7.49. The quantitative estimate of drug-likeness (QED) is 0.836. The summed E-state index contributed by atoms with van der Waals surface area (Å²) in [7, 11) is 1.79. The summed E-state index contributed by atoms with van der Waals surface area (Å²) in [6.45, 7) is 2.87. The number of aromatic nitrogens is 2. The minimum absolute atomic E-state index is 0.0112. The van der Waals surface area contributed by atoms with Gasteiger partial charge >= 0.3 is 0 Å². The molecule has 2 amide bonds. The molecule has 0 N–H and O–H groups in total. The van der Waals surface area contributed by atoms with E-state index in [9.17, 15) is 9.59 Å². The minimum atomic E-state index is -0.123. The molecule has 0 bridgehead atoms. The molecule has 1 aromatic heterocycles. The summed E-state index contributed by atoms with van der Waals surface area (Å²) >= 11 is 0. The number of carbonyl (C=O) groups is 2. The first kappa shape index (κ1) is 17.8. The van der Waals surface area contributed by atoms with Crippen LogP contribution >= 0.6 is 0 Å². The van der Waals surface area contributed by atoms with Gasteiger partial charge in [0, 0.05) is 33.2 Å². The highest BCUT2D eigenvalue weighted by atomic mass is 16.2. The first-order chi connectivity index (χ1) is 13.1. The smallest absolute Gasteiger partial charge is 0.289 e. The number of carbonyl (C=O) groups excluding carboxylic acids is 2. The molecule has 1 aromatic carbocycles. The number of hydrogen-bond donors (Lipinski definition) is 0. The fourth-order valence-corrected chi connectivity index (χ4v) is 4.05. The number of benzene rings is 1. The largest absolute Gasteiger partial charge is 0.337 e. The zero-order valence-electron chi connectivity index (χ0n) is 15.9. The number of rotatable bonds is 4. The molecule has 2 aromatic rings. The fourth-order valence-electron chi connectivity index (χ4n) is 4.05. The van der Waals surface area contributed by atoms with Crippen LogP contribution in [-0.4, -0.2) is 51.3 Å². The zero-order chi connectivity index (χ0) is 18.8. The Bertz CT molecular complexity index is 837. The molecule has 142 valence electrons. The molecule has 0 aliphatic carbocycles. The van der Waals surface area contributed by atoms with Gasteiger partial charge in [-0.3, -0.25) is 9.59 Å². The third kappa shape index (κ3) is 3.48. The molecule has 0 unspecified atom stereocenters. The van der Waals surface area contributed by atoms with Crippen molar-refractivity contribution in [3.8, 4) is 0 Å². The Morgan fingerprint density at radius 2 is 1.74 bits per heavy atom. The Labute approximate surface area is 159 Å². The van der Waals surface area contributed by atoms with Crippen LogP contribution in [0.15, 0.2) is 30.3 Å². The van der Waals surface area contributed by atoms with E-state index < -0.39 is 0 Å². The van der Waals surface area contributed by atoms with E-state index in [0.29, 0.717) is 18.1 Å². The second kappa shape index (κ2) is 7.55. The molecule has 2 aliphatic rings. The molecule has 2 aliphatic heterocycles. The lowest BCUT2D eigenvalue weighted by atomic mass is 10.1. The van der Waals surface area contributed by atoms with Crippen LogP contribution in [0.5, 0.6) is 0 Å². The Hall–Kier alpha value is -2.63. The number of likely N-dealkylation sites (tertiary alicyclic amines) is 1. The van der Waals surface area contributed by atoms with Gasteiger partial charge in [0.25, 0.3) is 11.8 Å². The third-order valence-corrected chi connectivity index (χ3v) is 5.51. The third-order valence-electron chi connectivity index (χ3n) is 5.51. The Morgan fingerprint density at radius 3 is 2.48 bits per heavy atom. The predicted octanol–water partition coefficient (Wildman–Crippen LogP) is 2.73. The van der Waals surface area contributed by atoms with Gasteiger partial charge in [-0.1, -0.05) is 30.3 Å². The first-order valence-electron chi connectivity index (χ1n) is 9.83. The van der Waals surface area contributed by atoms with Crippen molar-refractivity contribution in [2.45, 2.75) is 45.2 Å². The van der Waals surface area contributed by atoms with Crippen molar-refractivity contribution in [3.05, 3.63) is 53.1 Å². The number of nitrogens with zero attached hydrogens (tertiary/aromatic N) is 4. The standard InChI is InChI=1S/C21H26N4O2/c1-23(15-16-9-3-2-4-10-16)21(27)19-22-18(17-11-5-6-14-25(17)19)20(26)24-12-7-8-13-24/h2-4,9-10H,5-8,11-15H2,1H3. The van der Waals surface area contributed by atoms with Gasteiger partial charge in [0.1, 0.15) is 5.69 Å². The van der Waals surface area contributed by atoms with Crippen molar-refractivity contribution in [1.82, 2.24) is 19.4 Å². The normalized spacial score (nSPS) is 16.3. The maximum atomic E-state index is 13.1. The van der Waals surface area contributed by atoms with Gasteiger partial charge in [-0.05, 0) is 37.7 Å². The number of imidazole rings is 1. The molecule has 6 nitrogen and oxygen atoms in total. The average Bonchev–Trinajstić information content (AvgIpc) is 3.36. The predicted molar refractivity (Wildman–Crippen MR) is 103 cm³/mol. The van der Waals surface area contributed by atoms with Gasteiger partial charge in [-0.2, -0.15) is 0 Å². The fraction of sp³-hybridized carbons (Fsp3) is 0.476. The maximum Gasteiger partial charge on any atom is 0.289 e. The van der Waals surface area contributed by atoms with E-state index in [1.165, 1.54) is 0 Å². The van der Waals surface area contributed by atoms with Crippen molar-refractivity contribution >= 4 is 11.8 Å². The lowest BCUT2D eigenvalue weighted by molar-refractivity contribution is 0.0766. The lowest BCUT2D eigenvalue weighted by Gasteiger charge is -2.21. The summed E-state index contributed by atoms with van der Waals surface area (Å²) in [4.78, 5) is 34.2. The monoisotopic (exact) mass is 366 g/mol. The summed E-state index contributed by atoms with van der Waals surface area (Å²) in [5, 5.41) is 0. The number of hydrogen-bond acceptors (Lipinski definition) is 3. The molecule has 0 atom stereocenters. The highest BCUT2D eigenvalue weighted by molar-refractivity contribution is 5.97. The van der Waals surface area contributed by atoms with Gasteiger partial charge < -0.3 is 14.4 Å². The van der Waals surface area contributed by atoms with Gasteiger partial charge in [0.05, 0.1) is 5.69 Å². The van der Waals surface area contributed by atoms with Crippen molar-refractivity contribution in [2.24, 2.45) is 0 Å². The van der Waals surface area contributed by atoms with E-state index >= 15 is 0 Å². The molecule has 0 saturated carbocycles. The van der Waals surface area contributed by atoms with Gasteiger partial charge in [0.2, 0.25) is 0 Å². The van der Waals surface area contributed by atoms with Crippen molar-refractivity contribution < 1.29 is 9.59 Å². The molecule has 27 heavy (non-hydrogen) atoms. The first-order valence-corrected chi connectivity index (χ1v) is 9.83.